The molecule has 1 aromatic rings. The molecule has 0 aliphatic carbocycles. The largest absolute Gasteiger partial charge is 0.466 e. The zero-order valence-corrected chi connectivity index (χ0v) is 7.76. The minimum Gasteiger partial charge on any atom is -0.466 e. The average Bonchev–Trinajstić information content (AvgIpc) is 2.24. The normalized spacial score (nSPS) is 10.7. The van der Waals surface area contributed by atoms with Crippen molar-refractivity contribution in [3.63, 3.8) is 0 Å². The van der Waals surface area contributed by atoms with Crippen LogP contribution < -0.4 is 0 Å². The van der Waals surface area contributed by atoms with Crippen LogP contribution in [0.2, 0.25) is 0 Å². The van der Waals surface area contributed by atoms with Gasteiger partial charge in [-0.25, -0.2) is 18.0 Å². The number of carbonyl (C=O) groups is 1. The Balaban J connectivity index is 3.02. The van der Waals surface area contributed by atoms with Crippen LogP contribution in [-0.2, 0) is 9.53 Å². The van der Waals surface area contributed by atoms with Crippen molar-refractivity contribution in [2.45, 2.75) is 0 Å². The van der Waals surface area contributed by atoms with Crippen molar-refractivity contribution in [3.8, 4) is 0 Å². The number of rotatable bonds is 2. The molecule has 15 heavy (non-hydrogen) atoms. The molecule has 0 fully saturated rings. The van der Waals surface area contributed by atoms with Gasteiger partial charge in [0.2, 0.25) is 0 Å². The van der Waals surface area contributed by atoms with Gasteiger partial charge in [-0.2, -0.15) is 0 Å². The Bertz CT molecular complexity index is 413. The lowest BCUT2D eigenvalue weighted by Crippen LogP contribution is -1.96. The quantitative estimate of drug-likeness (QED) is 0.430. The number of hydrogen-bond donors (Lipinski definition) is 0. The Morgan fingerprint density at radius 1 is 1.27 bits per heavy atom. The third-order valence-corrected chi connectivity index (χ3v) is 1.67. The molecular formula is C10H7F3O2. The fraction of sp³-hybridized carbons (Fsp3) is 0.100. The van der Waals surface area contributed by atoms with Crippen LogP contribution in [0.5, 0.6) is 0 Å². The van der Waals surface area contributed by atoms with Crippen molar-refractivity contribution in [1.82, 2.24) is 0 Å². The van der Waals surface area contributed by atoms with Crippen molar-refractivity contribution in [2.75, 3.05) is 7.11 Å². The molecule has 0 atom stereocenters. The van der Waals surface area contributed by atoms with E-state index in [4.69, 9.17) is 0 Å². The first kappa shape index (κ1) is 11.3. The van der Waals surface area contributed by atoms with Crippen LogP contribution in [0, 0.1) is 17.5 Å². The summed E-state index contributed by atoms with van der Waals surface area (Å²) in [6, 6.07) is 1.79. The maximum atomic E-state index is 13.0. The fourth-order valence-electron chi connectivity index (χ4n) is 0.895. The number of halogens is 3. The molecule has 1 rings (SSSR count). The molecule has 0 radical (unpaired) electrons. The van der Waals surface area contributed by atoms with Crippen LogP contribution in [0.1, 0.15) is 5.56 Å². The third kappa shape index (κ3) is 2.59. The van der Waals surface area contributed by atoms with Gasteiger partial charge in [-0.15, -0.1) is 0 Å². The Kier molecular flexibility index (Phi) is 3.49. The smallest absolute Gasteiger partial charge is 0.330 e. The molecule has 0 N–H and O–H groups in total. The molecular weight excluding hydrogens is 209 g/mol. The Morgan fingerprint density at radius 2 is 1.93 bits per heavy atom. The van der Waals surface area contributed by atoms with E-state index in [2.05, 4.69) is 4.74 Å². The number of methoxy groups -OCH3 is 1. The van der Waals surface area contributed by atoms with Gasteiger partial charge < -0.3 is 4.74 Å². The monoisotopic (exact) mass is 216 g/mol. The summed E-state index contributed by atoms with van der Waals surface area (Å²) in [6.45, 7) is 0. The first-order valence-electron chi connectivity index (χ1n) is 3.95. The summed E-state index contributed by atoms with van der Waals surface area (Å²) in [6.07, 6.45) is 1.92. The number of benzene rings is 1. The second kappa shape index (κ2) is 4.63. The first-order valence-corrected chi connectivity index (χ1v) is 3.95. The highest BCUT2D eigenvalue weighted by Crippen LogP contribution is 2.16. The van der Waals surface area contributed by atoms with E-state index in [1.165, 1.54) is 0 Å². The molecule has 0 spiro atoms. The van der Waals surface area contributed by atoms with Crippen molar-refractivity contribution < 1.29 is 22.7 Å². The summed E-state index contributed by atoms with van der Waals surface area (Å²) < 4.78 is 42.4. The molecule has 5 heteroatoms. The van der Waals surface area contributed by atoms with Crippen molar-refractivity contribution in [1.29, 1.82) is 0 Å². The number of hydrogen-bond acceptors (Lipinski definition) is 2. The fourth-order valence-corrected chi connectivity index (χ4v) is 0.895. The summed E-state index contributed by atoms with van der Waals surface area (Å²) in [5.74, 6) is -4.89. The van der Waals surface area contributed by atoms with E-state index in [1.54, 1.807) is 0 Å². The van der Waals surface area contributed by atoms with E-state index < -0.39 is 23.4 Å². The van der Waals surface area contributed by atoms with Crippen LogP contribution in [0.15, 0.2) is 18.2 Å². The minimum absolute atomic E-state index is 0.223. The van der Waals surface area contributed by atoms with Gasteiger partial charge in [0.05, 0.1) is 7.11 Å². The summed E-state index contributed by atoms with van der Waals surface area (Å²) in [5.41, 5.74) is -0.223. The molecule has 1 aromatic carbocycles. The number of ether oxygens (including phenoxy) is 1. The molecule has 2 nitrogen and oxygen atoms in total. The molecule has 0 aliphatic rings. The van der Waals surface area contributed by atoms with Crippen LogP contribution in [0.3, 0.4) is 0 Å². The lowest BCUT2D eigenvalue weighted by molar-refractivity contribution is -0.134. The van der Waals surface area contributed by atoms with Gasteiger partial charge in [0.1, 0.15) is 0 Å². The van der Waals surface area contributed by atoms with E-state index in [1.807, 2.05) is 0 Å². The second-order valence-corrected chi connectivity index (χ2v) is 2.62. The molecule has 0 aliphatic heterocycles. The van der Waals surface area contributed by atoms with Crippen LogP contribution in [-0.4, -0.2) is 13.1 Å². The second-order valence-electron chi connectivity index (χ2n) is 2.62. The van der Waals surface area contributed by atoms with Gasteiger partial charge in [0.15, 0.2) is 17.5 Å². The van der Waals surface area contributed by atoms with Crippen LogP contribution >= 0.6 is 0 Å². The lowest BCUT2D eigenvalue weighted by atomic mass is 10.2. The number of carbonyl (C=O) groups excluding carboxylic acids is 1. The molecule has 0 saturated carbocycles. The predicted octanol–water partition coefficient (Wildman–Crippen LogP) is 2.29. The molecule has 0 saturated heterocycles. The summed E-state index contributed by atoms with van der Waals surface area (Å²) >= 11 is 0. The van der Waals surface area contributed by atoms with Crippen LogP contribution in [0.4, 0.5) is 13.2 Å². The van der Waals surface area contributed by atoms with Crippen molar-refractivity contribution in [3.05, 3.63) is 41.2 Å². The molecule has 0 heterocycles. The minimum atomic E-state index is -1.57. The van der Waals surface area contributed by atoms with Crippen molar-refractivity contribution in [2.24, 2.45) is 0 Å². The van der Waals surface area contributed by atoms with E-state index in [0.717, 1.165) is 31.4 Å². The molecule has 80 valence electrons. The summed E-state index contributed by atoms with van der Waals surface area (Å²) in [7, 11) is 1.15. The molecule has 0 unspecified atom stereocenters. The average molecular weight is 216 g/mol. The van der Waals surface area contributed by atoms with Gasteiger partial charge >= 0.3 is 5.97 Å². The Hall–Kier alpha value is -1.78. The van der Waals surface area contributed by atoms with E-state index in [-0.39, 0.29) is 5.56 Å². The zero-order chi connectivity index (χ0) is 11.4. The van der Waals surface area contributed by atoms with E-state index in [0.29, 0.717) is 0 Å². The van der Waals surface area contributed by atoms with Gasteiger partial charge in [-0.1, -0.05) is 0 Å². The maximum Gasteiger partial charge on any atom is 0.330 e. The standard InChI is InChI=1S/C10H7F3O2/c1-15-8(14)5-3-6-2-4-7(11)10(13)9(6)12/h2-5H,1H3/b5-3+. The molecule has 0 aromatic heterocycles. The Morgan fingerprint density at radius 3 is 2.53 bits per heavy atom. The highest BCUT2D eigenvalue weighted by Gasteiger charge is 2.11. The van der Waals surface area contributed by atoms with Gasteiger partial charge in [-0.3, -0.25) is 0 Å². The predicted molar refractivity (Wildman–Crippen MR) is 47.4 cm³/mol. The third-order valence-electron chi connectivity index (χ3n) is 1.67. The zero-order valence-electron chi connectivity index (χ0n) is 7.76. The van der Waals surface area contributed by atoms with Gasteiger partial charge in [0.25, 0.3) is 0 Å². The van der Waals surface area contributed by atoms with Gasteiger partial charge in [0, 0.05) is 11.6 Å². The maximum absolute atomic E-state index is 13.0. The van der Waals surface area contributed by atoms with E-state index >= 15 is 0 Å². The summed E-state index contributed by atoms with van der Waals surface area (Å²) in [4.78, 5) is 10.6. The van der Waals surface area contributed by atoms with Crippen LogP contribution in [0.25, 0.3) is 6.08 Å². The lowest BCUT2D eigenvalue weighted by Gasteiger charge is -1.98. The SMILES string of the molecule is COC(=O)/C=C/c1ccc(F)c(F)c1F. The Labute approximate surface area is 84.0 Å². The molecule has 0 amide bonds. The summed E-state index contributed by atoms with van der Waals surface area (Å²) in [5, 5.41) is 0. The van der Waals surface area contributed by atoms with E-state index in [9.17, 15) is 18.0 Å². The molecule has 0 bridgehead atoms. The first-order chi connectivity index (χ1) is 7.06. The highest BCUT2D eigenvalue weighted by atomic mass is 19.2. The highest BCUT2D eigenvalue weighted by molar-refractivity contribution is 5.86. The van der Waals surface area contributed by atoms with Crippen molar-refractivity contribution >= 4 is 12.0 Å². The topological polar surface area (TPSA) is 26.3 Å². The van der Waals surface area contributed by atoms with Gasteiger partial charge in [-0.05, 0) is 18.2 Å². The number of esters is 1.